The zero-order chi connectivity index (χ0) is 22.5. The second kappa shape index (κ2) is 10.8. The minimum absolute atomic E-state index is 0.170. The minimum Gasteiger partial charge on any atom is -0.490 e. The summed E-state index contributed by atoms with van der Waals surface area (Å²) in [6, 6.07) is 10.7. The number of hydrogen-bond donors (Lipinski definition) is 1. The predicted octanol–water partition coefficient (Wildman–Crippen LogP) is 5.22. The van der Waals surface area contributed by atoms with Crippen LogP contribution in [-0.2, 0) is 11.2 Å². The highest BCUT2D eigenvalue weighted by molar-refractivity contribution is 14.1. The van der Waals surface area contributed by atoms with Crippen molar-refractivity contribution in [2.75, 3.05) is 26.2 Å². The van der Waals surface area contributed by atoms with Crippen molar-refractivity contribution in [1.29, 1.82) is 0 Å². The highest BCUT2D eigenvalue weighted by Gasteiger charge is 2.24. The van der Waals surface area contributed by atoms with Gasteiger partial charge in [-0.15, -0.1) is 0 Å². The summed E-state index contributed by atoms with van der Waals surface area (Å²) in [5.74, 6) is -0.378. The molecule has 0 atom stereocenters. The van der Waals surface area contributed by atoms with E-state index in [1.54, 1.807) is 36.4 Å². The van der Waals surface area contributed by atoms with Crippen LogP contribution in [0.5, 0.6) is 5.75 Å². The number of likely N-dealkylation sites (N-methyl/N-ethyl adjacent to an activating group) is 1. The molecule has 1 aromatic heterocycles. The quantitative estimate of drug-likeness (QED) is 0.240. The van der Waals surface area contributed by atoms with Crippen molar-refractivity contribution in [2.24, 2.45) is 0 Å². The highest BCUT2D eigenvalue weighted by atomic mass is 127. The van der Waals surface area contributed by atoms with Crippen molar-refractivity contribution < 1.29 is 23.8 Å². The van der Waals surface area contributed by atoms with Gasteiger partial charge in [0.25, 0.3) is 0 Å². The number of carbonyl (C=O) groups excluding carboxylic acids is 1. The summed E-state index contributed by atoms with van der Waals surface area (Å²) in [6.07, 6.45) is -0.351. The number of ketones is 1. The van der Waals surface area contributed by atoms with Gasteiger partial charge < -0.3 is 19.2 Å². The Kier molecular flexibility index (Phi) is 8.34. The normalized spacial score (nSPS) is 11.3. The third kappa shape index (κ3) is 5.58. The number of nitrogens with zero attached hydrogens (tertiary/aromatic N) is 1. The Labute approximate surface area is 208 Å². The Bertz CT molecular complexity index is 1080. The zero-order valence-corrected chi connectivity index (χ0v) is 21.6. The topological polar surface area (TPSA) is 80.0 Å². The first kappa shape index (κ1) is 24.0. The molecule has 0 radical (unpaired) electrons. The monoisotopic (exact) mass is 647 g/mol. The molecule has 1 heterocycles. The second-order valence-corrected chi connectivity index (χ2v) is 9.26. The third-order valence-corrected chi connectivity index (χ3v) is 6.62. The molecular weight excluding hydrogens is 624 g/mol. The Morgan fingerprint density at radius 3 is 2.35 bits per heavy atom. The number of hydrogen-bond acceptors (Lipinski definition) is 5. The number of furan rings is 1. The van der Waals surface area contributed by atoms with E-state index in [0.717, 1.165) is 32.5 Å². The largest absolute Gasteiger partial charge is 0.490 e. The molecule has 0 aliphatic rings. The van der Waals surface area contributed by atoms with E-state index in [-0.39, 0.29) is 18.0 Å². The van der Waals surface area contributed by atoms with E-state index in [1.807, 2.05) is 0 Å². The van der Waals surface area contributed by atoms with E-state index in [0.29, 0.717) is 28.7 Å². The summed E-state index contributed by atoms with van der Waals surface area (Å²) < 4.78 is 13.4. The van der Waals surface area contributed by atoms with Crippen LogP contribution in [0, 0.1) is 7.14 Å². The number of carboxylic acids is 1. The van der Waals surface area contributed by atoms with Gasteiger partial charge in [0.05, 0.1) is 12.7 Å². The van der Waals surface area contributed by atoms with E-state index < -0.39 is 5.97 Å². The van der Waals surface area contributed by atoms with Gasteiger partial charge in [0.2, 0.25) is 0 Å². The zero-order valence-electron chi connectivity index (χ0n) is 17.3. The fourth-order valence-electron chi connectivity index (χ4n) is 3.40. The number of rotatable bonds is 10. The molecule has 0 spiro atoms. The molecule has 0 aliphatic carbocycles. The number of carboxylic acid groups (broad SMARTS) is 1. The van der Waals surface area contributed by atoms with Gasteiger partial charge in [0.15, 0.2) is 5.78 Å². The Hall–Kier alpha value is -1.66. The number of aliphatic carboxylic acids is 1. The van der Waals surface area contributed by atoms with Crippen molar-refractivity contribution >= 4 is 67.9 Å². The first-order valence-corrected chi connectivity index (χ1v) is 12.1. The maximum absolute atomic E-state index is 13.4. The molecule has 0 aliphatic heterocycles. The summed E-state index contributed by atoms with van der Waals surface area (Å²) in [5.41, 5.74) is 1.28. The van der Waals surface area contributed by atoms with Gasteiger partial charge in [0, 0.05) is 17.5 Å². The van der Waals surface area contributed by atoms with Crippen LogP contribution < -0.4 is 4.74 Å². The van der Waals surface area contributed by atoms with Crippen LogP contribution in [0.3, 0.4) is 0 Å². The Morgan fingerprint density at radius 2 is 1.74 bits per heavy atom. The van der Waals surface area contributed by atoms with Crippen LogP contribution in [0.2, 0.25) is 0 Å². The standard InChI is InChI=1S/C23H23I2NO5/c1-3-26(4-2)9-10-30-23-16(24)11-14(12-17(23)25)22(29)21-15-7-5-6-8-18(15)31-19(21)13-20(27)28/h5-8,11-12H,3-4,9-10,13H2,1-2H3,(H,27,28). The lowest BCUT2D eigenvalue weighted by Gasteiger charge is -2.19. The average molecular weight is 647 g/mol. The average Bonchev–Trinajstić information content (AvgIpc) is 3.09. The maximum atomic E-state index is 13.4. The molecule has 1 N–H and O–H groups in total. The van der Waals surface area contributed by atoms with Gasteiger partial charge in [-0.05, 0) is 76.5 Å². The predicted molar refractivity (Wildman–Crippen MR) is 136 cm³/mol. The van der Waals surface area contributed by atoms with E-state index in [1.165, 1.54) is 0 Å². The fourth-order valence-corrected chi connectivity index (χ4v) is 5.48. The summed E-state index contributed by atoms with van der Waals surface area (Å²) in [5, 5.41) is 9.88. The summed E-state index contributed by atoms with van der Waals surface area (Å²) in [6.45, 7) is 7.58. The van der Waals surface area contributed by atoms with Crippen molar-refractivity contribution in [1.82, 2.24) is 4.90 Å². The maximum Gasteiger partial charge on any atom is 0.311 e. The van der Waals surface area contributed by atoms with Gasteiger partial charge in [-0.2, -0.15) is 0 Å². The lowest BCUT2D eigenvalue weighted by atomic mass is 9.99. The van der Waals surface area contributed by atoms with E-state index in [4.69, 9.17) is 9.15 Å². The first-order chi connectivity index (χ1) is 14.8. The van der Waals surface area contributed by atoms with Crippen LogP contribution in [0.15, 0.2) is 40.8 Å². The molecule has 3 aromatic rings. The number of fused-ring (bicyclic) bond motifs is 1. The second-order valence-electron chi connectivity index (χ2n) is 6.94. The lowest BCUT2D eigenvalue weighted by Crippen LogP contribution is -2.28. The number of halogens is 2. The molecule has 0 fully saturated rings. The van der Waals surface area contributed by atoms with E-state index in [9.17, 15) is 14.7 Å². The first-order valence-electron chi connectivity index (χ1n) is 9.96. The van der Waals surface area contributed by atoms with Crippen molar-refractivity contribution in [3.05, 3.63) is 60.4 Å². The fraction of sp³-hybridized carbons (Fsp3) is 0.304. The third-order valence-electron chi connectivity index (χ3n) is 5.02. The molecule has 164 valence electrons. The molecule has 0 saturated heterocycles. The highest BCUT2D eigenvalue weighted by Crippen LogP contribution is 2.33. The Morgan fingerprint density at radius 1 is 1.10 bits per heavy atom. The molecule has 0 bridgehead atoms. The van der Waals surface area contributed by atoms with Gasteiger partial charge >= 0.3 is 5.97 Å². The van der Waals surface area contributed by atoms with Gasteiger partial charge in [-0.1, -0.05) is 32.0 Å². The molecule has 8 heteroatoms. The number of benzene rings is 2. The summed E-state index contributed by atoms with van der Waals surface area (Å²) in [4.78, 5) is 27.0. The van der Waals surface area contributed by atoms with Crippen LogP contribution in [0.1, 0.15) is 35.5 Å². The molecule has 0 saturated carbocycles. The molecule has 0 amide bonds. The van der Waals surface area contributed by atoms with Gasteiger partial charge in [-0.3, -0.25) is 9.59 Å². The molecule has 2 aromatic carbocycles. The Balaban J connectivity index is 1.92. The van der Waals surface area contributed by atoms with E-state index in [2.05, 4.69) is 63.9 Å². The van der Waals surface area contributed by atoms with Gasteiger partial charge in [0.1, 0.15) is 30.1 Å². The number of ether oxygens (including phenoxy) is 1. The van der Waals surface area contributed by atoms with E-state index >= 15 is 0 Å². The van der Waals surface area contributed by atoms with Crippen LogP contribution in [-0.4, -0.2) is 48.0 Å². The van der Waals surface area contributed by atoms with Crippen LogP contribution >= 0.6 is 45.2 Å². The van der Waals surface area contributed by atoms with Crippen LogP contribution in [0.25, 0.3) is 11.0 Å². The van der Waals surface area contributed by atoms with Crippen molar-refractivity contribution in [3.63, 3.8) is 0 Å². The molecule has 31 heavy (non-hydrogen) atoms. The van der Waals surface area contributed by atoms with Crippen molar-refractivity contribution in [2.45, 2.75) is 20.3 Å². The number of para-hydroxylation sites is 1. The minimum atomic E-state index is -1.05. The van der Waals surface area contributed by atoms with Gasteiger partial charge in [-0.25, -0.2) is 0 Å². The molecule has 6 nitrogen and oxygen atoms in total. The molecular formula is C23H23I2NO5. The smallest absolute Gasteiger partial charge is 0.311 e. The SMILES string of the molecule is CCN(CC)CCOc1c(I)cc(C(=O)c2c(CC(=O)O)oc3ccccc23)cc1I. The van der Waals surface area contributed by atoms with Crippen LogP contribution in [0.4, 0.5) is 0 Å². The van der Waals surface area contributed by atoms with Crippen molar-refractivity contribution in [3.8, 4) is 5.75 Å². The summed E-state index contributed by atoms with van der Waals surface area (Å²) in [7, 11) is 0. The lowest BCUT2D eigenvalue weighted by molar-refractivity contribution is -0.136. The summed E-state index contributed by atoms with van der Waals surface area (Å²) >= 11 is 4.34. The molecule has 3 rings (SSSR count). The number of carbonyl (C=O) groups is 2. The molecule has 0 unspecified atom stereocenters.